The van der Waals surface area contributed by atoms with Crippen molar-refractivity contribution in [3.63, 3.8) is 0 Å². The van der Waals surface area contributed by atoms with Gasteiger partial charge in [0.25, 0.3) is 0 Å². The van der Waals surface area contributed by atoms with Crippen molar-refractivity contribution in [2.45, 2.75) is 6.10 Å². The van der Waals surface area contributed by atoms with Gasteiger partial charge in [-0.2, -0.15) is 0 Å². The number of fused-ring (bicyclic) bond motifs is 1. The lowest BCUT2D eigenvalue weighted by Crippen LogP contribution is -2.11. The van der Waals surface area contributed by atoms with Gasteiger partial charge in [-0.15, -0.1) is 0 Å². The van der Waals surface area contributed by atoms with Crippen LogP contribution in [-0.4, -0.2) is 26.2 Å². The highest BCUT2D eigenvalue weighted by molar-refractivity contribution is 5.98. The summed E-state index contributed by atoms with van der Waals surface area (Å²) < 4.78 is 0. The Bertz CT molecular complexity index is 1100. The number of rotatable bonds is 5. The molecule has 0 spiro atoms. The van der Waals surface area contributed by atoms with Crippen molar-refractivity contribution in [1.29, 1.82) is 0 Å². The van der Waals surface area contributed by atoms with Crippen LogP contribution in [0.2, 0.25) is 0 Å². The minimum atomic E-state index is -0.674. The van der Waals surface area contributed by atoms with Crippen LogP contribution < -0.4 is 9.80 Å². The van der Waals surface area contributed by atoms with Crippen LogP contribution in [0.5, 0.6) is 0 Å². The van der Waals surface area contributed by atoms with Crippen molar-refractivity contribution in [2.24, 2.45) is 0 Å². The summed E-state index contributed by atoms with van der Waals surface area (Å²) in [6.45, 7) is 0. The number of hydrogen-bond acceptors (Lipinski definition) is 3. The molecule has 0 aliphatic rings. The Morgan fingerprint density at radius 3 is 1.90 bits per heavy atom. The molecule has 0 radical (unpaired) electrons. The number of aliphatic hydroxyl groups is 1. The van der Waals surface area contributed by atoms with E-state index in [1.807, 2.05) is 74.8 Å². The number of anilines is 3. The third kappa shape index (κ3) is 3.69. The number of hydrogen-bond donors (Lipinski definition) is 1. The maximum Gasteiger partial charge on any atom is 0.105 e. The average Bonchev–Trinajstić information content (AvgIpc) is 2.78. The average molecular weight is 383 g/mol. The van der Waals surface area contributed by atoms with E-state index in [-0.39, 0.29) is 0 Å². The lowest BCUT2D eigenvalue weighted by atomic mass is 9.94. The maximum absolute atomic E-state index is 11.1. The minimum absolute atomic E-state index is 0.674. The Hall–Kier alpha value is -3.30. The first-order valence-corrected chi connectivity index (χ1v) is 9.82. The fourth-order valence-electron chi connectivity index (χ4n) is 3.76. The minimum Gasteiger partial charge on any atom is -0.384 e. The van der Waals surface area contributed by atoms with Gasteiger partial charge in [0.15, 0.2) is 0 Å². The molecule has 0 aliphatic carbocycles. The van der Waals surface area contributed by atoms with Crippen molar-refractivity contribution in [2.75, 3.05) is 30.9 Å². The molecule has 0 saturated carbocycles. The molecule has 3 heteroatoms. The molecule has 0 aromatic heterocycles. The molecule has 0 heterocycles. The zero-order chi connectivity index (χ0) is 20.4. The van der Waals surface area contributed by atoms with Gasteiger partial charge >= 0.3 is 0 Å². The molecular formula is C26H26N2O. The van der Waals surface area contributed by atoms with Gasteiger partial charge in [0.05, 0.1) is 0 Å². The standard InChI is InChI=1S/C26H26N2O/c1-27(2)20-15-13-19(14-16-20)26(29)24-17-18-25(23-12-8-7-11-22(23)24)28(3)21-9-5-4-6-10-21/h4-18,26,29H,1-3H3. The smallest absolute Gasteiger partial charge is 0.105 e. The van der Waals surface area contributed by atoms with Crippen LogP contribution in [0, 0.1) is 0 Å². The molecule has 0 fully saturated rings. The van der Waals surface area contributed by atoms with Crippen LogP contribution in [0.1, 0.15) is 17.2 Å². The van der Waals surface area contributed by atoms with Crippen LogP contribution in [0.4, 0.5) is 17.1 Å². The molecule has 4 rings (SSSR count). The second-order valence-corrected chi connectivity index (χ2v) is 7.50. The molecule has 3 nitrogen and oxygen atoms in total. The fraction of sp³-hybridized carbons (Fsp3) is 0.154. The molecule has 4 aromatic rings. The molecule has 4 aromatic carbocycles. The number of aliphatic hydroxyl groups excluding tert-OH is 1. The lowest BCUT2D eigenvalue weighted by Gasteiger charge is -2.24. The third-order valence-electron chi connectivity index (χ3n) is 5.46. The molecule has 146 valence electrons. The second-order valence-electron chi connectivity index (χ2n) is 7.50. The zero-order valence-corrected chi connectivity index (χ0v) is 17.1. The van der Waals surface area contributed by atoms with Gasteiger partial charge in [0, 0.05) is 43.6 Å². The highest BCUT2D eigenvalue weighted by atomic mass is 16.3. The highest BCUT2D eigenvalue weighted by Crippen LogP contribution is 2.36. The molecule has 0 bridgehead atoms. The van der Waals surface area contributed by atoms with E-state index in [0.29, 0.717) is 0 Å². The Morgan fingerprint density at radius 1 is 0.621 bits per heavy atom. The molecule has 0 amide bonds. The Kier molecular flexibility index (Phi) is 5.24. The zero-order valence-electron chi connectivity index (χ0n) is 17.1. The third-order valence-corrected chi connectivity index (χ3v) is 5.46. The van der Waals surface area contributed by atoms with Crippen LogP contribution in [0.25, 0.3) is 10.8 Å². The van der Waals surface area contributed by atoms with E-state index >= 15 is 0 Å². The molecule has 0 saturated heterocycles. The summed E-state index contributed by atoms with van der Waals surface area (Å²) in [6, 6.07) is 30.8. The monoisotopic (exact) mass is 382 g/mol. The van der Waals surface area contributed by atoms with E-state index in [9.17, 15) is 5.11 Å². The van der Waals surface area contributed by atoms with E-state index in [1.165, 1.54) is 0 Å². The van der Waals surface area contributed by atoms with Gasteiger partial charge in [-0.3, -0.25) is 0 Å². The number of para-hydroxylation sites is 1. The topological polar surface area (TPSA) is 26.7 Å². The van der Waals surface area contributed by atoms with Crippen molar-refractivity contribution in [3.8, 4) is 0 Å². The van der Waals surface area contributed by atoms with Crippen molar-refractivity contribution < 1.29 is 5.11 Å². The predicted molar refractivity (Wildman–Crippen MR) is 123 cm³/mol. The Labute approximate surface area is 172 Å². The van der Waals surface area contributed by atoms with Crippen LogP contribution in [-0.2, 0) is 0 Å². The van der Waals surface area contributed by atoms with Crippen molar-refractivity contribution in [3.05, 3.63) is 102 Å². The first-order valence-electron chi connectivity index (χ1n) is 9.82. The van der Waals surface area contributed by atoms with Gasteiger partial charge in [-0.05, 0) is 46.8 Å². The van der Waals surface area contributed by atoms with E-state index in [0.717, 1.165) is 39.0 Å². The van der Waals surface area contributed by atoms with Crippen LogP contribution in [0.15, 0.2) is 91.0 Å². The first-order chi connectivity index (χ1) is 14.1. The summed E-state index contributed by atoms with van der Waals surface area (Å²) in [7, 11) is 6.11. The molecule has 1 unspecified atom stereocenters. The van der Waals surface area contributed by atoms with E-state index in [1.54, 1.807) is 0 Å². The van der Waals surface area contributed by atoms with Gasteiger partial charge in [0.1, 0.15) is 6.10 Å². The van der Waals surface area contributed by atoms with Gasteiger partial charge in [-0.25, -0.2) is 0 Å². The maximum atomic E-state index is 11.1. The SMILES string of the molecule is CN(C)c1ccc(C(O)c2ccc(N(C)c3ccccc3)c3ccccc23)cc1. The van der Waals surface area contributed by atoms with Crippen molar-refractivity contribution in [1.82, 2.24) is 0 Å². The highest BCUT2D eigenvalue weighted by Gasteiger charge is 2.17. The summed E-state index contributed by atoms with van der Waals surface area (Å²) in [5.41, 5.74) is 5.18. The van der Waals surface area contributed by atoms with E-state index in [2.05, 4.69) is 47.2 Å². The molecule has 1 atom stereocenters. The Morgan fingerprint density at radius 2 is 1.24 bits per heavy atom. The largest absolute Gasteiger partial charge is 0.384 e. The van der Waals surface area contributed by atoms with Crippen molar-refractivity contribution >= 4 is 27.8 Å². The van der Waals surface area contributed by atoms with E-state index in [4.69, 9.17) is 0 Å². The molecule has 0 aliphatic heterocycles. The first kappa shape index (κ1) is 19.0. The summed E-state index contributed by atoms with van der Waals surface area (Å²) in [4.78, 5) is 4.24. The van der Waals surface area contributed by atoms with Crippen LogP contribution >= 0.6 is 0 Å². The fourth-order valence-corrected chi connectivity index (χ4v) is 3.76. The van der Waals surface area contributed by atoms with Gasteiger partial charge in [0.2, 0.25) is 0 Å². The summed E-state index contributed by atoms with van der Waals surface area (Å²) in [5, 5.41) is 13.3. The molecule has 1 N–H and O–H groups in total. The second kappa shape index (κ2) is 7.98. The predicted octanol–water partition coefficient (Wildman–Crippen LogP) is 5.76. The lowest BCUT2D eigenvalue weighted by molar-refractivity contribution is 0.222. The molecular weight excluding hydrogens is 356 g/mol. The Balaban J connectivity index is 1.77. The normalized spacial score (nSPS) is 12.0. The van der Waals surface area contributed by atoms with E-state index < -0.39 is 6.10 Å². The molecule has 29 heavy (non-hydrogen) atoms. The number of nitrogens with zero attached hydrogens (tertiary/aromatic N) is 2. The summed E-state index contributed by atoms with van der Waals surface area (Å²) in [6.07, 6.45) is -0.674. The quantitative estimate of drug-likeness (QED) is 0.476. The number of benzene rings is 4. The van der Waals surface area contributed by atoms with Crippen LogP contribution in [0.3, 0.4) is 0 Å². The van der Waals surface area contributed by atoms with Gasteiger partial charge in [-0.1, -0.05) is 60.7 Å². The summed E-state index contributed by atoms with van der Waals surface area (Å²) >= 11 is 0. The summed E-state index contributed by atoms with van der Waals surface area (Å²) in [5.74, 6) is 0. The van der Waals surface area contributed by atoms with Gasteiger partial charge < -0.3 is 14.9 Å².